The molecule has 0 saturated heterocycles. The maximum Gasteiger partial charge on any atom is 0.192 e. The van der Waals surface area contributed by atoms with Crippen molar-refractivity contribution in [2.75, 3.05) is 0 Å². The predicted molar refractivity (Wildman–Crippen MR) is 149 cm³/mol. The molecule has 1 N–H and O–H groups in total. The quantitative estimate of drug-likeness (QED) is 0.319. The molecule has 1 aromatic heterocycles. The van der Waals surface area contributed by atoms with Crippen molar-refractivity contribution >= 4 is 19.4 Å². The van der Waals surface area contributed by atoms with E-state index in [1.807, 2.05) is 25.2 Å². The molecule has 6 unspecified atom stereocenters. The summed E-state index contributed by atoms with van der Waals surface area (Å²) in [6.07, 6.45) is 9.72. The van der Waals surface area contributed by atoms with E-state index in [4.69, 9.17) is 9.41 Å². The highest BCUT2D eigenvalue weighted by Gasteiger charge is 2.53. The van der Waals surface area contributed by atoms with E-state index in [1.54, 1.807) is 0 Å². The first-order valence-corrected chi connectivity index (χ1v) is 17.1. The summed E-state index contributed by atoms with van der Waals surface area (Å²) in [5.74, 6) is 3.02. The summed E-state index contributed by atoms with van der Waals surface area (Å²) in [5.41, 5.74) is 2.49. The van der Waals surface area contributed by atoms with Gasteiger partial charge in [-0.3, -0.25) is 0 Å². The molecule has 35 heavy (non-hydrogen) atoms. The smallest absolute Gasteiger partial charge is 0.192 e. The van der Waals surface area contributed by atoms with Gasteiger partial charge in [-0.05, 0) is 85.5 Å². The number of aryl methyl sites for hydroxylation is 1. The second-order valence-electron chi connectivity index (χ2n) is 12.0. The van der Waals surface area contributed by atoms with Crippen LogP contribution in [0.4, 0.5) is 0 Å². The van der Waals surface area contributed by atoms with Gasteiger partial charge in [-0.2, -0.15) is 0 Å². The fourth-order valence-electron chi connectivity index (χ4n) is 7.98. The summed E-state index contributed by atoms with van der Waals surface area (Å²) in [5, 5.41) is 10.9. The molecule has 2 aliphatic rings. The molecule has 1 heterocycles. The Labute approximate surface area is 215 Å². The first-order chi connectivity index (χ1) is 16.8. The molecule has 2 aliphatic carbocycles. The Morgan fingerprint density at radius 2 is 1.83 bits per heavy atom. The van der Waals surface area contributed by atoms with Gasteiger partial charge in [0.25, 0.3) is 0 Å². The van der Waals surface area contributed by atoms with Crippen LogP contribution in [0, 0.1) is 23.2 Å². The zero-order chi connectivity index (χ0) is 25.2. The fourth-order valence-corrected chi connectivity index (χ4v) is 10.9. The number of aliphatic hydroxyl groups excluding tert-OH is 1. The molecule has 0 aliphatic heterocycles. The van der Waals surface area contributed by atoms with E-state index in [2.05, 4.69) is 45.3 Å². The number of fused-ring (bicyclic) bond motifs is 2. The highest BCUT2D eigenvalue weighted by molar-refractivity contribution is 6.73. The lowest BCUT2D eigenvalue weighted by molar-refractivity contribution is -0.0206. The average Bonchev–Trinajstić information content (AvgIpc) is 3.40. The van der Waals surface area contributed by atoms with Gasteiger partial charge >= 0.3 is 0 Å². The minimum atomic E-state index is -1.57. The first-order valence-electron chi connectivity index (χ1n) is 14.6. The SMILES string of the molecule is CC[Si](CC)(CC)OC1CCCC2(C)C(C(C)CCCC(O)c3nc4ccccc4n3C)CCC12. The van der Waals surface area contributed by atoms with Gasteiger partial charge in [0.05, 0.1) is 11.0 Å². The van der Waals surface area contributed by atoms with Crippen LogP contribution in [0.2, 0.25) is 18.1 Å². The van der Waals surface area contributed by atoms with Crippen LogP contribution < -0.4 is 0 Å². The monoisotopic (exact) mass is 498 g/mol. The Kier molecular flexibility index (Phi) is 8.49. The van der Waals surface area contributed by atoms with Gasteiger partial charge in [0.15, 0.2) is 8.32 Å². The molecular weight excluding hydrogens is 448 g/mol. The lowest BCUT2D eigenvalue weighted by Crippen LogP contribution is -2.48. The minimum absolute atomic E-state index is 0.424. The number of para-hydroxylation sites is 2. The molecule has 0 radical (unpaired) electrons. The van der Waals surface area contributed by atoms with Gasteiger partial charge < -0.3 is 14.1 Å². The van der Waals surface area contributed by atoms with Crippen molar-refractivity contribution in [3.8, 4) is 0 Å². The van der Waals surface area contributed by atoms with E-state index in [9.17, 15) is 5.11 Å². The Bertz CT molecular complexity index is 962. The third-order valence-corrected chi connectivity index (χ3v) is 15.1. The van der Waals surface area contributed by atoms with E-state index in [0.29, 0.717) is 17.4 Å². The van der Waals surface area contributed by atoms with Gasteiger partial charge in [-0.25, -0.2) is 4.98 Å². The molecule has 4 rings (SSSR count). The third kappa shape index (κ3) is 5.15. The lowest BCUT2D eigenvalue weighted by Gasteiger charge is -2.49. The molecule has 0 amide bonds. The van der Waals surface area contributed by atoms with Gasteiger partial charge in [-0.1, -0.05) is 66.0 Å². The molecule has 1 aromatic carbocycles. The predicted octanol–water partition coefficient (Wildman–Crippen LogP) is 8.02. The molecule has 0 bridgehead atoms. The lowest BCUT2D eigenvalue weighted by atomic mass is 9.61. The summed E-state index contributed by atoms with van der Waals surface area (Å²) in [7, 11) is 0.453. The summed E-state index contributed by atoms with van der Waals surface area (Å²) < 4.78 is 9.18. The van der Waals surface area contributed by atoms with Crippen molar-refractivity contribution in [2.24, 2.45) is 30.2 Å². The molecule has 5 heteroatoms. The third-order valence-electron chi connectivity index (χ3n) is 10.4. The Morgan fingerprint density at radius 1 is 1.11 bits per heavy atom. The Morgan fingerprint density at radius 3 is 2.51 bits per heavy atom. The van der Waals surface area contributed by atoms with Crippen molar-refractivity contribution in [3.05, 3.63) is 30.1 Å². The van der Waals surface area contributed by atoms with Gasteiger partial charge in [0, 0.05) is 13.2 Å². The van der Waals surface area contributed by atoms with Crippen LogP contribution >= 0.6 is 0 Å². The number of imidazole rings is 1. The van der Waals surface area contributed by atoms with E-state index >= 15 is 0 Å². The normalized spacial score (nSPS) is 28.8. The zero-order valence-electron chi connectivity index (χ0n) is 23.2. The van der Waals surface area contributed by atoms with Crippen LogP contribution in [0.15, 0.2) is 24.3 Å². The van der Waals surface area contributed by atoms with Crippen molar-refractivity contribution in [3.63, 3.8) is 0 Å². The highest BCUT2D eigenvalue weighted by atomic mass is 28.4. The topological polar surface area (TPSA) is 47.3 Å². The maximum absolute atomic E-state index is 10.9. The second kappa shape index (κ2) is 11.1. The van der Waals surface area contributed by atoms with Crippen LogP contribution in [0.5, 0.6) is 0 Å². The number of hydrogen-bond acceptors (Lipinski definition) is 3. The van der Waals surface area contributed by atoms with E-state index in [1.165, 1.54) is 56.7 Å². The molecular formula is C30H50N2O2Si. The zero-order valence-corrected chi connectivity index (χ0v) is 24.2. The molecule has 2 saturated carbocycles. The van der Waals surface area contributed by atoms with Crippen LogP contribution in [0.25, 0.3) is 11.0 Å². The van der Waals surface area contributed by atoms with Crippen molar-refractivity contribution < 1.29 is 9.53 Å². The molecule has 4 nitrogen and oxygen atoms in total. The first kappa shape index (κ1) is 26.9. The van der Waals surface area contributed by atoms with Gasteiger partial charge in [0.2, 0.25) is 0 Å². The number of aliphatic hydroxyl groups is 1. The number of benzene rings is 1. The van der Waals surface area contributed by atoms with Crippen molar-refractivity contribution in [1.82, 2.24) is 9.55 Å². The van der Waals surface area contributed by atoms with Gasteiger partial charge in [0.1, 0.15) is 11.9 Å². The standard InChI is InChI=1S/C30H50N2O2Si/c1-7-35(8-2,9-3)34-28-18-13-21-30(5)23(19-20-24(28)30)22(4)14-12-17-27(33)29-31-25-15-10-11-16-26(25)32(29)6/h10-11,15-16,22-24,27-28,33H,7-9,12-14,17-21H2,1-6H3. The summed E-state index contributed by atoms with van der Waals surface area (Å²) in [6.45, 7) is 12.2. The molecule has 6 atom stereocenters. The Hall–Kier alpha value is -1.17. The highest BCUT2D eigenvalue weighted by Crippen LogP contribution is 2.59. The second-order valence-corrected chi connectivity index (χ2v) is 16.8. The Balaban J connectivity index is 1.36. The van der Waals surface area contributed by atoms with E-state index in [0.717, 1.165) is 41.5 Å². The van der Waals surface area contributed by atoms with Crippen LogP contribution in [0.3, 0.4) is 0 Å². The number of nitrogens with zero attached hydrogens (tertiary/aromatic N) is 2. The largest absolute Gasteiger partial charge is 0.414 e. The summed E-state index contributed by atoms with van der Waals surface area (Å²) in [6, 6.07) is 11.9. The number of aromatic nitrogens is 2. The van der Waals surface area contributed by atoms with E-state index < -0.39 is 14.4 Å². The number of rotatable bonds is 11. The van der Waals surface area contributed by atoms with Crippen molar-refractivity contribution in [1.29, 1.82) is 0 Å². The molecule has 0 spiro atoms. The molecule has 2 aromatic rings. The van der Waals surface area contributed by atoms with E-state index in [-0.39, 0.29) is 0 Å². The average molecular weight is 499 g/mol. The van der Waals surface area contributed by atoms with Crippen molar-refractivity contribution in [2.45, 2.75) is 116 Å². The summed E-state index contributed by atoms with van der Waals surface area (Å²) >= 11 is 0. The summed E-state index contributed by atoms with van der Waals surface area (Å²) in [4.78, 5) is 4.71. The van der Waals surface area contributed by atoms with Crippen LogP contribution in [-0.4, -0.2) is 29.1 Å². The fraction of sp³-hybridized carbons (Fsp3) is 0.767. The maximum atomic E-state index is 10.9. The van der Waals surface area contributed by atoms with Crippen LogP contribution in [-0.2, 0) is 11.5 Å². The minimum Gasteiger partial charge on any atom is -0.414 e. The molecule has 196 valence electrons. The van der Waals surface area contributed by atoms with Crippen LogP contribution in [0.1, 0.15) is 97.9 Å². The van der Waals surface area contributed by atoms with Gasteiger partial charge in [-0.15, -0.1) is 0 Å². The molecule has 2 fully saturated rings. The number of hydrogen-bond donors (Lipinski definition) is 1.